The number of nitrogens with one attached hydrogen (secondary N) is 1. The van der Waals surface area contributed by atoms with Gasteiger partial charge in [-0.1, -0.05) is 0 Å². The number of aromatic nitrogens is 1. The number of carbonyl (C=O) groups is 1. The van der Waals surface area contributed by atoms with Crippen LogP contribution in [0.3, 0.4) is 0 Å². The molecule has 0 spiro atoms. The molecule has 0 bridgehead atoms. The molecule has 3 rings (SSSR count). The minimum atomic E-state index is -3.67. The molecule has 6 nitrogen and oxygen atoms in total. The third-order valence-electron chi connectivity index (χ3n) is 3.62. The number of carbonyl (C=O) groups excluding carboxylic acids is 1. The molecule has 0 saturated carbocycles. The Kier molecular flexibility index (Phi) is 4.36. The molecule has 8 heteroatoms. The van der Waals surface area contributed by atoms with Crippen molar-refractivity contribution in [2.75, 3.05) is 16.2 Å². The highest BCUT2D eigenvalue weighted by molar-refractivity contribution is 7.93. The number of rotatable bonds is 4. The smallest absolute Gasteiger partial charge is 0.263 e. The van der Waals surface area contributed by atoms with E-state index < -0.39 is 10.0 Å². The molecule has 122 valence electrons. The Morgan fingerprint density at radius 2 is 1.96 bits per heavy atom. The van der Waals surface area contributed by atoms with Crippen LogP contribution >= 0.6 is 11.3 Å². The van der Waals surface area contributed by atoms with Crippen molar-refractivity contribution in [2.24, 2.45) is 0 Å². The maximum atomic E-state index is 12.3. The molecule has 0 atom stereocenters. The van der Waals surface area contributed by atoms with E-state index in [1.807, 2.05) is 0 Å². The first kappa shape index (κ1) is 15.9. The Morgan fingerprint density at radius 3 is 2.57 bits per heavy atom. The van der Waals surface area contributed by atoms with Crippen molar-refractivity contribution in [3.05, 3.63) is 35.3 Å². The summed E-state index contributed by atoms with van der Waals surface area (Å²) in [7, 11) is -3.67. The Hall–Kier alpha value is -1.93. The number of hydrogen-bond donors (Lipinski definition) is 1. The Balaban J connectivity index is 1.79. The molecular weight excluding hydrogens is 334 g/mol. The summed E-state index contributed by atoms with van der Waals surface area (Å²) in [6.07, 6.45) is 2.43. The number of piperidine rings is 1. The zero-order valence-electron chi connectivity index (χ0n) is 12.7. The lowest BCUT2D eigenvalue weighted by molar-refractivity contribution is -0.119. The van der Waals surface area contributed by atoms with Gasteiger partial charge in [0, 0.05) is 24.0 Å². The van der Waals surface area contributed by atoms with Gasteiger partial charge in [0.15, 0.2) is 5.13 Å². The summed E-state index contributed by atoms with van der Waals surface area (Å²) < 4.78 is 27.1. The van der Waals surface area contributed by atoms with E-state index in [4.69, 9.17) is 0 Å². The number of sulfonamides is 1. The molecule has 1 aliphatic rings. The predicted molar refractivity (Wildman–Crippen MR) is 90.3 cm³/mol. The van der Waals surface area contributed by atoms with Gasteiger partial charge in [-0.15, -0.1) is 11.3 Å². The number of anilines is 2. The molecule has 1 amide bonds. The summed E-state index contributed by atoms with van der Waals surface area (Å²) in [6, 6.07) is 6.37. The van der Waals surface area contributed by atoms with Gasteiger partial charge in [-0.05, 0) is 44.0 Å². The second-order valence-electron chi connectivity index (χ2n) is 5.40. The van der Waals surface area contributed by atoms with E-state index in [0.717, 1.165) is 24.2 Å². The molecule has 0 unspecified atom stereocenters. The zero-order valence-corrected chi connectivity index (χ0v) is 14.3. The molecule has 1 saturated heterocycles. The van der Waals surface area contributed by atoms with Crippen LogP contribution in [0.5, 0.6) is 0 Å². The minimum Gasteiger partial charge on any atom is -0.312 e. The molecule has 2 aromatic rings. The molecule has 1 aromatic heterocycles. The van der Waals surface area contributed by atoms with Crippen LogP contribution in [0.25, 0.3) is 0 Å². The molecule has 1 fully saturated rings. The second-order valence-corrected chi connectivity index (χ2v) is 7.94. The first-order valence-corrected chi connectivity index (χ1v) is 9.67. The monoisotopic (exact) mass is 351 g/mol. The van der Waals surface area contributed by atoms with E-state index in [9.17, 15) is 13.2 Å². The topological polar surface area (TPSA) is 79.4 Å². The molecule has 1 aromatic carbocycles. The number of thiazole rings is 1. The Labute approximate surface area is 139 Å². The summed E-state index contributed by atoms with van der Waals surface area (Å²) in [6.45, 7) is 2.49. The van der Waals surface area contributed by atoms with E-state index in [2.05, 4.69) is 9.71 Å². The van der Waals surface area contributed by atoms with Crippen molar-refractivity contribution in [3.63, 3.8) is 0 Å². The molecule has 23 heavy (non-hydrogen) atoms. The highest BCUT2D eigenvalue weighted by Gasteiger charge is 2.21. The van der Waals surface area contributed by atoms with Crippen molar-refractivity contribution in [3.8, 4) is 0 Å². The second kappa shape index (κ2) is 6.29. The maximum absolute atomic E-state index is 12.3. The summed E-state index contributed by atoms with van der Waals surface area (Å²) in [5.74, 6) is 0.0863. The lowest BCUT2D eigenvalue weighted by Gasteiger charge is -2.26. The van der Waals surface area contributed by atoms with Gasteiger partial charge < -0.3 is 4.90 Å². The first-order chi connectivity index (χ1) is 11.0. The van der Waals surface area contributed by atoms with Crippen LogP contribution in [-0.2, 0) is 14.8 Å². The molecule has 1 aliphatic heterocycles. The lowest BCUT2D eigenvalue weighted by atomic mass is 10.1. The summed E-state index contributed by atoms with van der Waals surface area (Å²) in [5, 5.41) is 2.13. The summed E-state index contributed by atoms with van der Waals surface area (Å²) >= 11 is 1.24. The number of nitrogens with zero attached hydrogens (tertiary/aromatic N) is 2. The van der Waals surface area contributed by atoms with E-state index in [1.54, 1.807) is 29.3 Å². The van der Waals surface area contributed by atoms with Gasteiger partial charge in [0.25, 0.3) is 10.0 Å². The van der Waals surface area contributed by atoms with Crippen LogP contribution in [-0.4, -0.2) is 25.9 Å². The van der Waals surface area contributed by atoms with Crippen molar-refractivity contribution in [1.82, 2.24) is 4.98 Å². The van der Waals surface area contributed by atoms with Gasteiger partial charge >= 0.3 is 0 Å². The lowest BCUT2D eigenvalue weighted by Crippen LogP contribution is -2.35. The highest BCUT2D eigenvalue weighted by atomic mass is 32.2. The van der Waals surface area contributed by atoms with E-state index in [0.29, 0.717) is 18.1 Å². The average molecular weight is 351 g/mol. The normalized spacial score (nSPS) is 15.7. The van der Waals surface area contributed by atoms with E-state index in [-0.39, 0.29) is 10.8 Å². The van der Waals surface area contributed by atoms with Crippen molar-refractivity contribution in [2.45, 2.75) is 31.1 Å². The Morgan fingerprint density at radius 1 is 1.22 bits per heavy atom. The molecule has 1 N–H and O–H groups in total. The van der Waals surface area contributed by atoms with Crippen LogP contribution in [0.4, 0.5) is 10.8 Å². The number of benzene rings is 1. The molecule has 0 aliphatic carbocycles. The minimum absolute atomic E-state index is 0.0863. The molecule has 0 radical (unpaired) electrons. The zero-order chi connectivity index (χ0) is 16.4. The van der Waals surface area contributed by atoms with E-state index >= 15 is 0 Å². The predicted octanol–water partition coefficient (Wildman–Crippen LogP) is 2.77. The van der Waals surface area contributed by atoms with E-state index in [1.165, 1.54) is 23.5 Å². The van der Waals surface area contributed by atoms with Crippen LogP contribution in [0.15, 0.2) is 34.5 Å². The van der Waals surface area contributed by atoms with Crippen LogP contribution < -0.4 is 9.62 Å². The SMILES string of the molecule is Cc1csc(NS(=O)(=O)c2ccc(N3CCCCC3=O)cc2)n1. The van der Waals surface area contributed by atoms with Crippen molar-refractivity contribution in [1.29, 1.82) is 0 Å². The molecule has 2 heterocycles. The van der Waals surface area contributed by atoms with Crippen LogP contribution in [0.2, 0.25) is 0 Å². The quantitative estimate of drug-likeness (QED) is 0.918. The standard InChI is InChI=1S/C15H17N3O3S2/c1-11-10-22-15(16-11)17-23(20,21)13-7-5-12(6-8-13)18-9-3-2-4-14(18)19/h5-8,10H,2-4,9H2,1H3,(H,16,17). The van der Waals surface area contributed by atoms with Gasteiger partial charge in [0.2, 0.25) is 5.91 Å². The third-order valence-corrected chi connectivity index (χ3v) is 5.98. The van der Waals surface area contributed by atoms with Gasteiger partial charge in [-0.25, -0.2) is 13.4 Å². The molecular formula is C15H17N3O3S2. The van der Waals surface area contributed by atoms with Gasteiger partial charge in [-0.2, -0.15) is 0 Å². The fourth-order valence-corrected chi connectivity index (χ4v) is 4.40. The third kappa shape index (κ3) is 3.53. The van der Waals surface area contributed by atoms with Crippen LogP contribution in [0, 0.1) is 6.92 Å². The highest BCUT2D eigenvalue weighted by Crippen LogP contribution is 2.24. The van der Waals surface area contributed by atoms with Gasteiger partial charge in [0.1, 0.15) is 0 Å². The fourth-order valence-electron chi connectivity index (χ4n) is 2.46. The van der Waals surface area contributed by atoms with Crippen LogP contribution in [0.1, 0.15) is 25.0 Å². The van der Waals surface area contributed by atoms with Crippen molar-refractivity contribution < 1.29 is 13.2 Å². The maximum Gasteiger partial charge on any atom is 0.263 e. The number of amides is 1. The van der Waals surface area contributed by atoms with Gasteiger partial charge in [0.05, 0.1) is 10.6 Å². The van der Waals surface area contributed by atoms with Crippen molar-refractivity contribution >= 4 is 38.1 Å². The fraction of sp³-hybridized carbons (Fsp3) is 0.333. The average Bonchev–Trinajstić information content (AvgIpc) is 2.92. The summed E-state index contributed by atoms with van der Waals surface area (Å²) in [5.41, 5.74) is 1.51. The van der Waals surface area contributed by atoms with Gasteiger partial charge in [-0.3, -0.25) is 9.52 Å². The summed E-state index contributed by atoms with van der Waals surface area (Å²) in [4.78, 5) is 17.9. The largest absolute Gasteiger partial charge is 0.312 e. The first-order valence-electron chi connectivity index (χ1n) is 7.31. The Bertz CT molecular complexity index is 813. The number of hydrogen-bond acceptors (Lipinski definition) is 5. The number of aryl methyl sites for hydroxylation is 1.